The van der Waals surface area contributed by atoms with Crippen molar-refractivity contribution < 1.29 is 4.79 Å². The molecule has 2 N–H and O–H groups in total. The molecule has 108 valence electrons. The predicted molar refractivity (Wildman–Crippen MR) is 102 cm³/mol. The van der Waals surface area contributed by atoms with Gasteiger partial charge in [-0.15, -0.1) is 0 Å². The molecule has 2 rings (SSSR count). The van der Waals surface area contributed by atoms with Crippen molar-refractivity contribution in [2.24, 2.45) is 0 Å². The van der Waals surface area contributed by atoms with Gasteiger partial charge in [-0.05, 0) is 71.6 Å². The van der Waals surface area contributed by atoms with Crippen molar-refractivity contribution in [1.82, 2.24) is 5.32 Å². The first kappa shape index (κ1) is 16.4. The van der Waals surface area contributed by atoms with E-state index < -0.39 is 0 Å². The van der Waals surface area contributed by atoms with E-state index in [1.165, 1.54) is 0 Å². The molecule has 2 aromatic rings. The molecule has 0 aliphatic heterocycles. The number of amides is 1. The molecule has 2 aromatic carbocycles. The summed E-state index contributed by atoms with van der Waals surface area (Å²) in [5.41, 5.74) is 2.39. The first-order valence-corrected chi connectivity index (χ1v) is 8.38. The zero-order valence-electron chi connectivity index (χ0n) is 11.1. The van der Waals surface area contributed by atoms with Crippen molar-refractivity contribution in [3.63, 3.8) is 0 Å². The third kappa shape index (κ3) is 4.49. The molecule has 0 saturated carbocycles. The largest absolute Gasteiger partial charge is 0.332 e. The third-order valence-corrected chi connectivity index (χ3v) is 4.39. The zero-order valence-corrected chi connectivity index (χ0v) is 15.7. The minimum absolute atomic E-state index is 0.210. The van der Waals surface area contributed by atoms with Gasteiger partial charge in [0.25, 0.3) is 5.91 Å². The van der Waals surface area contributed by atoms with Gasteiger partial charge in [-0.25, -0.2) is 0 Å². The van der Waals surface area contributed by atoms with Crippen LogP contribution >= 0.6 is 50.7 Å². The van der Waals surface area contributed by atoms with Gasteiger partial charge in [0.2, 0.25) is 0 Å². The summed E-state index contributed by atoms with van der Waals surface area (Å²) in [6.07, 6.45) is 0. The molecule has 0 unspecified atom stereocenters. The maximum absolute atomic E-state index is 12.2. The van der Waals surface area contributed by atoms with Gasteiger partial charge in [-0.1, -0.05) is 34.1 Å². The Balaban J connectivity index is 2.05. The number of hydrogen-bond donors (Lipinski definition) is 2. The van der Waals surface area contributed by atoms with Crippen LogP contribution in [0.15, 0.2) is 46.9 Å². The number of benzene rings is 2. The Morgan fingerprint density at radius 1 is 1.24 bits per heavy atom. The van der Waals surface area contributed by atoms with E-state index in [0.717, 1.165) is 19.3 Å². The lowest BCUT2D eigenvalue weighted by atomic mass is 10.1. The van der Waals surface area contributed by atoms with Crippen molar-refractivity contribution in [3.05, 3.63) is 61.6 Å². The Morgan fingerprint density at radius 2 is 1.95 bits per heavy atom. The fourth-order valence-electron chi connectivity index (χ4n) is 1.74. The number of rotatable bonds is 2. The van der Waals surface area contributed by atoms with Crippen LogP contribution in [0, 0.1) is 10.5 Å². The molecule has 0 aliphatic rings. The minimum Gasteiger partial charge on any atom is -0.332 e. The van der Waals surface area contributed by atoms with Crippen LogP contribution in [-0.2, 0) is 0 Å². The molecule has 1 amide bonds. The van der Waals surface area contributed by atoms with Gasteiger partial charge in [0.15, 0.2) is 5.11 Å². The number of anilines is 1. The van der Waals surface area contributed by atoms with Gasteiger partial charge in [0.05, 0.1) is 5.69 Å². The molecule has 0 saturated heterocycles. The summed E-state index contributed by atoms with van der Waals surface area (Å²) in [5, 5.41) is 6.00. The Hall–Kier alpha value is -0.990. The first-order valence-electron chi connectivity index (χ1n) is 6.10. The number of nitrogens with one attached hydrogen (secondary N) is 2. The summed E-state index contributed by atoms with van der Waals surface area (Å²) in [7, 11) is 0. The van der Waals surface area contributed by atoms with Crippen molar-refractivity contribution >= 4 is 67.4 Å². The Morgan fingerprint density at radius 3 is 2.62 bits per heavy atom. The van der Waals surface area contributed by atoms with Crippen LogP contribution in [0.25, 0.3) is 0 Å². The van der Waals surface area contributed by atoms with Crippen LogP contribution < -0.4 is 10.6 Å². The number of halogens is 2. The van der Waals surface area contributed by atoms with Crippen LogP contribution in [0.3, 0.4) is 0 Å². The topological polar surface area (TPSA) is 41.1 Å². The van der Waals surface area contributed by atoms with E-state index >= 15 is 0 Å². The average Bonchev–Trinajstić information content (AvgIpc) is 2.42. The van der Waals surface area contributed by atoms with Gasteiger partial charge in [0.1, 0.15) is 0 Å². The molecular weight excluding hydrogens is 463 g/mol. The molecule has 0 aliphatic carbocycles. The Labute approximate surface area is 150 Å². The standard InChI is InChI=1S/C15H12BrIN2OS/c1-9-4-2-3-5-11(9)14(20)19-15(21)18-13-7-6-10(16)8-12(13)17/h2-8H,1H3,(H2,18,19,20,21). The highest BCUT2D eigenvalue weighted by Crippen LogP contribution is 2.22. The van der Waals surface area contributed by atoms with Gasteiger partial charge in [-0.3, -0.25) is 10.1 Å². The fraction of sp³-hybridized carbons (Fsp3) is 0.0667. The predicted octanol–water partition coefficient (Wildman–Crippen LogP) is 4.49. The number of aryl methyl sites for hydroxylation is 1. The average molecular weight is 475 g/mol. The lowest BCUT2D eigenvalue weighted by Crippen LogP contribution is -2.34. The number of carbonyl (C=O) groups is 1. The van der Waals surface area contributed by atoms with Crippen LogP contribution in [0.1, 0.15) is 15.9 Å². The lowest BCUT2D eigenvalue weighted by Gasteiger charge is -2.12. The van der Waals surface area contributed by atoms with Crippen molar-refractivity contribution in [1.29, 1.82) is 0 Å². The normalized spacial score (nSPS) is 10.0. The summed E-state index contributed by atoms with van der Waals surface area (Å²) in [4.78, 5) is 12.2. The second kappa shape index (κ2) is 7.33. The minimum atomic E-state index is -0.210. The van der Waals surface area contributed by atoms with Gasteiger partial charge < -0.3 is 5.32 Å². The molecule has 0 bridgehead atoms. The van der Waals surface area contributed by atoms with Crippen LogP contribution in [0.2, 0.25) is 0 Å². The third-order valence-electron chi connectivity index (χ3n) is 2.80. The van der Waals surface area contributed by atoms with E-state index in [4.69, 9.17) is 12.2 Å². The quantitative estimate of drug-likeness (QED) is 0.497. The van der Waals surface area contributed by atoms with E-state index in [1.807, 2.05) is 43.3 Å². The molecule has 21 heavy (non-hydrogen) atoms. The maximum atomic E-state index is 12.2. The number of thiocarbonyl (C=S) groups is 1. The van der Waals surface area contributed by atoms with E-state index in [0.29, 0.717) is 5.56 Å². The molecular formula is C15H12BrIN2OS. The number of hydrogen-bond acceptors (Lipinski definition) is 2. The molecule has 6 heteroatoms. The van der Waals surface area contributed by atoms with Crippen LogP contribution in [0.4, 0.5) is 5.69 Å². The summed E-state index contributed by atoms with van der Waals surface area (Å²) in [6.45, 7) is 1.89. The SMILES string of the molecule is Cc1ccccc1C(=O)NC(=S)Nc1ccc(Br)cc1I. The molecule has 0 aromatic heterocycles. The highest BCUT2D eigenvalue weighted by Gasteiger charge is 2.10. The van der Waals surface area contributed by atoms with Crippen LogP contribution in [-0.4, -0.2) is 11.0 Å². The summed E-state index contributed by atoms with van der Waals surface area (Å²) >= 11 is 10.8. The summed E-state index contributed by atoms with van der Waals surface area (Å²) in [5.74, 6) is -0.210. The van der Waals surface area contributed by atoms with E-state index in [9.17, 15) is 4.79 Å². The monoisotopic (exact) mass is 474 g/mol. The first-order chi connectivity index (χ1) is 9.97. The molecule has 0 heterocycles. The molecule has 0 spiro atoms. The van der Waals surface area contributed by atoms with Crippen molar-refractivity contribution in [2.45, 2.75) is 6.92 Å². The fourth-order valence-corrected chi connectivity index (χ4v) is 3.38. The van der Waals surface area contributed by atoms with Crippen molar-refractivity contribution in [2.75, 3.05) is 5.32 Å². The zero-order chi connectivity index (χ0) is 15.4. The van der Waals surface area contributed by atoms with Gasteiger partial charge >= 0.3 is 0 Å². The van der Waals surface area contributed by atoms with E-state index in [-0.39, 0.29) is 11.0 Å². The maximum Gasteiger partial charge on any atom is 0.257 e. The smallest absolute Gasteiger partial charge is 0.257 e. The Kier molecular flexibility index (Phi) is 5.72. The van der Waals surface area contributed by atoms with Crippen molar-refractivity contribution in [3.8, 4) is 0 Å². The highest BCUT2D eigenvalue weighted by molar-refractivity contribution is 14.1. The highest BCUT2D eigenvalue weighted by atomic mass is 127. The van der Waals surface area contributed by atoms with E-state index in [1.54, 1.807) is 6.07 Å². The summed E-state index contributed by atoms with van der Waals surface area (Å²) in [6, 6.07) is 13.2. The molecule has 0 radical (unpaired) electrons. The van der Waals surface area contributed by atoms with Gasteiger partial charge in [-0.2, -0.15) is 0 Å². The molecule has 0 fully saturated rings. The second-order valence-electron chi connectivity index (χ2n) is 4.35. The van der Waals surface area contributed by atoms with Crippen LogP contribution in [0.5, 0.6) is 0 Å². The lowest BCUT2D eigenvalue weighted by molar-refractivity contribution is 0.0977. The van der Waals surface area contributed by atoms with Gasteiger partial charge in [0, 0.05) is 13.6 Å². The van der Waals surface area contributed by atoms with E-state index in [2.05, 4.69) is 49.2 Å². The Bertz CT molecular complexity index is 706. The second-order valence-corrected chi connectivity index (χ2v) is 6.83. The summed E-state index contributed by atoms with van der Waals surface area (Å²) < 4.78 is 2.00. The number of carbonyl (C=O) groups excluding carboxylic acids is 1. The molecule has 3 nitrogen and oxygen atoms in total. The molecule has 0 atom stereocenters.